The lowest BCUT2D eigenvalue weighted by Gasteiger charge is -2.15. The SMILES string of the molecule is C=CCNC(=S)[C@@H](C(=O)c1ccc(Cl)s1)[n+]1ccc(C(CC)CC)cc1. The molecular weight excluding hydrogens is 384 g/mol. The predicted octanol–water partition coefficient (Wildman–Crippen LogP) is 5.12. The first-order chi connectivity index (χ1) is 12.5. The summed E-state index contributed by atoms with van der Waals surface area (Å²) < 4.78 is 2.45. The average Bonchev–Trinajstić information content (AvgIpc) is 3.09. The fourth-order valence-corrected chi connectivity index (χ4v) is 4.21. The number of thiophene rings is 1. The van der Waals surface area contributed by atoms with Gasteiger partial charge >= 0.3 is 0 Å². The maximum atomic E-state index is 13.1. The molecule has 3 nitrogen and oxygen atoms in total. The topological polar surface area (TPSA) is 33.0 Å². The monoisotopic (exact) mass is 407 g/mol. The number of ketones is 1. The minimum atomic E-state index is -0.601. The molecule has 2 aromatic rings. The van der Waals surface area contributed by atoms with Crippen molar-refractivity contribution in [2.75, 3.05) is 6.54 Å². The first kappa shape index (κ1) is 20.7. The fourth-order valence-electron chi connectivity index (χ4n) is 2.89. The lowest BCUT2D eigenvalue weighted by Crippen LogP contribution is -2.51. The quantitative estimate of drug-likeness (QED) is 0.271. The molecule has 0 aliphatic carbocycles. The molecule has 0 fully saturated rings. The van der Waals surface area contributed by atoms with Crippen LogP contribution in [0.5, 0.6) is 0 Å². The van der Waals surface area contributed by atoms with Gasteiger partial charge in [-0.2, -0.15) is 4.57 Å². The van der Waals surface area contributed by atoms with Crippen molar-refractivity contribution in [2.45, 2.75) is 38.6 Å². The molecule has 2 heterocycles. The van der Waals surface area contributed by atoms with E-state index in [1.54, 1.807) is 18.2 Å². The van der Waals surface area contributed by atoms with Crippen LogP contribution in [-0.2, 0) is 0 Å². The molecule has 0 aliphatic rings. The van der Waals surface area contributed by atoms with E-state index in [-0.39, 0.29) is 5.78 Å². The zero-order chi connectivity index (χ0) is 19.1. The van der Waals surface area contributed by atoms with E-state index in [1.165, 1.54) is 16.9 Å². The summed E-state index contributed by atoms with van der Waals surface area (Å²) in [6, 6.07) is 7.04. The first-order valence-corrected chi connectivity index (χ1v) is 10.3. The average molecular weight is 408 g/mol. The highest BCUT2D eigenvalue weighted by Crippen LogP contribution is 2.25. The molecule has 0 spiro atoms. The highest BCUT2D eigenvalue weighted by Gasteiger charge is 2.34. The number of nitrogens with one attached hydrogen (secondary N) is 1. The van der Waals surface area contributed by atoms with E-state index in [9.17, 15) is 4.79 Å². The van der Waals surface area contributed by atoms with Crippen LogP contribution in [0.1, 0.15) is 53.9 Å². The third-order valence-electron chi connectivity index (χ3n) is 4.37. The van der Waals surface area contributed by atoms with E-state index in [1.807, 2.05) is 17.0 Å². The lowest BCUT2D eigenvalue weighted by molar-refractivity contribution is -0.692. The van der Waals surface area contributed by atoms with Gasteiger partial charge in [-0.05, 0) is 36.5 Å². The summed E-state index contributed by atoms with van der Waals surface area (Å²) in [4.78, 5) is 14.1. The molecule has 6 heteroatoms. The summed E-state index contributed by atoms with van der Waals surface area (Å²) in [6.07, 6.45) is 7.78. The Kier molecular flexibility index (Phi) is 7.94. The Bertz CT molecular complexity index is 766. The van der Waals surface area contributed by atoms with Crippen molar-refractivity contribution in [3.05, 3.63) is 64.1 Å². The number of aromatic nitrogens is 1. The van der Waals surface area contributed by atoms with Crippen LogP contribution in [0, 0.1) is 0 Å². The van der Waals surface area contributed by atoms with Gasteiger partial charge in [0.2, 0.25) is 5.78 Å². The van der Waals surface area contributed by atoms with Gasteiger partial charge in [-0.3, -0.25) is 4.79 Å². The van der Waals surface area contributed by atoms with E-state index in [0.29, 0.717) is 26.7 Å². The van der Waals surface area contributed by atoms with Gasteiger partial charge in [-0.1, -0.05) is 43.7 Å². The van der Waals surface area contributed by atoms with Crippen molar-refractivity contribution in [1.29, 1.82) is 0 Å². The Balaban J connectivity index is 2.35. The number of carbonyl (C=O) groups excluding carboxylic acids is 1. The third kappa shape index (κ3) is 5.00. The summed E-state index contributed by atoms with van der Waals surface area (Å²) in [5, 5.41) is 3.09. The molecule has 2 aromatic heterocycles. The van der Waals surface area contributed by atoms with Gasteiger partial charge in [0.15, 0.2) is 17.4 Å². The number of nitrogens with zero attached hydrogens (tertiary/aromatic N) is 1. The van der Waals surface area contributed by atoms with Gasteiger partial charge in [0.25, 0.3) is 6.04 Å². The maximum absolute atomic E-state index is 13.1. The van der Waals surface area contributed by atoms with Crippen molar-refractivity contribution >= 4 is 45.9 Å². The molecule has 138 valence electrons. The van der Waals surface area contributed by atoms with Crippen LogP contribution in [0.4, 0.5) is 0 Å². The largest absolute Gasteiger partial charge is 0.370 e. The number of Topliss-reactive ketones (excluding diaryl/α,β-unsaturated/α-hetero) is 1. The summed E-state index contributed by atoms with van der Waals surface area (Å²) in [6.45, 7) is 8.59. The van der Waals surface area contributed by atoms with E-state index in [2.05, 4.69) is 37.9 Å². The second-order valence-electron chi connectivity index (χ2n) is 6.00. The second-order valence-corrected chi connectivity index (χ2v) is 8.15. The molecule has 2 rings (SSSR count). The molecule has 26 heavy (non-hydrogen) atoms. The first-order valence-electron chi connectivity index (χ1n) is 8.70. The van der Waals surface area contributed by atoms with E-state index < -0.39 is 6.04 Å². The van der Waals surface area contributed by atoms with Crippen LogP contribution in [-0.4, -0.2) is 17.3 Å². The third-order valence-corrected chi connectivity index (χ3v) is 5.98. The second kappa shape index (κ2) is 9.95. The zero-order valence-corrected chi connectivity index (χ0v) is 17.5. The number of carbonyl (C=O) groups is 1. The molecule has 1 atom stereocenters. The van der Waals surface area contributed by atoms with E-state index in [4.69, 9.17) is 23.8 Å². The Labute approximate surface area is 169 Å². The standard InChI is InChI=1S/C20H23ClN2OS2/c1-4-11-22-20(25)18(19(24)16-7-8-17(21)26-16)23-12-9-15(10-13-23)14(5-2)6-3/h4,7-10,12-14,18H,1,5-6,11H2,2-3H3/p+1/t18-/m1/s1. The number of hydrogen-bond donors (Lipinski definition) is 1. The van der Waals surface area contributed by atoms with Crippen molar-refractivity contribution in [3.63, 3.8) is 0 Å². The van der Waals surface area contributed by atoms with Crippen molar-refractivity contribution in [2.24, 2.45) is 0 Å². The highest BCUT2D eigenvalue weighted by molar-refractivity contribution is 7.80. The minimum absolute atomic E-state index is 0.0660. The Hall–Kier alpha value is -1.56. The molecule has 0 saturated heterocycles. The number of thiocarbonyl (C=S) groups is 1. The molecule has 0 aliphatic heterocycles. The van der Waals surface area contributed by atoms with Gasteiger partial charge < -0.3 is 5.32 Å². The number of rotatable bonds is 9. The van der Waals surface area contributed by atoms with E-state index in [0.717, 1.165) is 12.8 Å². The van der Waals surface area contributed by atoms with Crippen LogP contribution in [0.15, 0.2) is 49.3 Å². The van der Waals surface area contributed by atoms with Gasteiger partial charge in [-0.25, -0.2) is 0 Å². The van der Waals surface area contributed by atoms with Gasteiger partial charge in [0.05, 0.1) is 9.21 Å². The molecule has 0 amide bonds. The van der Waals surface area contributed by atoms with Crippen LogP contribution in [0.25, 0.3) is 0 Å². The minimum Gasteiger partial charge on any atom is -0.370 e. The summed E-state index contributed by atoms with van der Waals surface area (Å²) >= 11 is 12.8. The number of halogens is 1. The molecular formula is C20H24ClN2OS2+. The van der Waals surface area contributed by atoms with Crippen molar-refractivity contribution in [3.8, 4) is 0 Å². The molecule has 0 saturated carbocycles. The molecule has 0 aromatic carbocycles. The number of hydrogen-bond acceptors (Lipinski definition) is 3. The molecule has 1 N–H and O–H groups in total. The normalized spacial score (nSPS) is 12.0. The van der Waals surface area contributed by atoms with Gasteiger partial charge in [-0.15, -0.1) is 17.9 Å². The predicted molar refractivity (Wildman–Crippen MR) is 113 cm³/mol. The number of pyridine rings is 1. The van der Waals surface area contributed by atoms with Crippen molar-refractivity contribution in [1.82, 2.24) is 5.32 Å². The van der Waals surface area contributed by atoms with Crippen LogP contribution in [0.2, 0.25) is 4.34 Å². The molecule has 0 radical (unpaired) electrons. The smallest absolute Gasteiger partial charge is 0.271 e. The highest BCUT2D eigenvalue weighted by atomic mass is 35.5. The van der Waals surface area contributed by atoms with Crippen LogP contribution >= 0.6 is 35.2 Å². The van der Waals surface area contributed by atoms with Crippen LogP contribution in [0.3, 0.4) is 0 Å². The van der Waals surface area contributed by atoms with Gasteiger partial charge in [0.1, 0.15) is 0 Å². The maximum Gasteiger partial charge on any atom is 0.271 e. The summed E-state index contributed by atoms with van der Waals surface area (Å²) in [5.41, 5.74) is 1.28. The Morgan fingerprint density at radius 2 is 1.96 bits per heavy atom. The van der Waals surface area contributed by atoms with Crippen molar-refractivity contribution < 1.29 is 9.36 Å². The Morgan fingerprint density at radius 1 is 1.31 bits per heavy atom. The molecule has 0 unspecified atom stereocenters. The fraction of sp³-hybridized carbons (Fsp3) is 0.350. The zero-order valence-electron chi connectivity index (χ0n) is 15.1. The summed E-state index contributed by atoms with van der Waals surface area (Å²) in [7, 11) is 0. The van der Waals surface area contributed by atoms with Gasteiger partial charge in [0, 0.05) is 18.7 Å². The Morgan fingerprint density at radius 3 is 2.46 bits per heavy atom. The molecule has 0 bridgehead atoms. The lowest BCUT2D eigenvalue weighted by atomic mass is 9.95. The van der Waals surface area contributed by atoms with Crippen LogP contribution < -0.4 is 9.88 Å². The summed E-state index contributed by atoms with van der Waals surface area (Å²) in [5.74, 6) is 0.462. The van der Waals surface area contributed by atoms with E-state index >= 15 is 0 Å².